The molecule has 31 heavy (non-hydrogen) atoms. The van der Waals surface area contributed by atoms with Gasteiger partial charge in [-0.2, -0.15) is 4.31 Å². The van der Waals surface area contributed by atoms with Gasteiger partial charge in [0.05, 0.1) is 9.77 Å². The Morgan fingerprint density at radius 3 is 2.23 bits per heavy atom. The molecule has 2 heterocycles. The summed E-state index contributed by atoms with van der Waals surface area (Å²) in [6.07, 6.45) is 0.193. The van der Waals surface area contributed by atoms with Crippen LogP contribution >= 0.6 is 11.3 Å². The van der Waals surface area contributed by atoms with Crippen LogP contribution in [0.5, 0.6) is 0 Å². The standard InChI is InChI=1S/C22H29N3O4S2/c1-22(2,3)17-6-8-18(9-7-17)31(28,29)25-14-12-24(13-15-25)20(26)10-11-23-21(27)19-5-4-16-30-19/h4-9,16H,10-15H2,1-3H3,(H,23,27). The summed E-state index contributed by atoms with van der Waals surface area (Å²) < 4.78 is 27.4. The van der Waals surface area contributed by atoms with Crippen molar-refractivity contribution in [1.29, 1.82) is 0 Å². The van der Waals surface area contributed by atoms with Gasteiger partial charge in [-0.05, 0) is 34.6 Å². The molecule has 0 saturated carbocycles. The molecular weight excluding hydrogens is 434 g/mol. The molecule has 1 aromatic carbocycles. The molecule has 1 saturated heterocycles. The lowest BCUT2D eigenvalue weighted by atomic mass is 9.87. The predicted octanol–water partition coefficient (Wildman–Crippen LogP) is 2.70. The molecule has 0 bridgehead atoms. The highest BCUT2D eigenvalue weighted by molar-refractivity contribution is 7.89. The van der Waals surface area contributed by atoms with Crippen molar-refractivity contribution in [2.45, 2.75) is 37.5 Å². The first kappa shape index (κ1) is 23.4. The Kier molecular flexibility index (Phi) is 7.18. The molecule has 2 aromatic rings. The van der Waals surface area contributed by atoms with E-state index < -0.39 is 10.0 Å². The number of nitrogens with one attached hydrogen (secondary N) is 1. The molecule has 168 valence electrons. The third kappa shape index (κ3) is 5.72. The van der Waals surface area contributed by atoms with Crippen molar-refractivity contribution in [3.8, 4) is 0 Å². The van der Waals surface area contributed by atoms with Gasteiger partial charge in [0.2, 0.25) is 15.9 Å². The summed E-state index contributed by atoms with van der Waals surface area (Å²) in [6.45, 7) is 7.72. The van der Waals surface area contributed by atoms with Gasteiger partial charge in [-0.1, -0.05) is 39.0 Å². The average molecular weight is 464 g/mol. The Morgan fingerprint density at radius 2 is 1.68 bits per heavy atom. The van der Waals surface area contributed by atoms with E-state index >= 15 is 0 Å². The third-order valence-electron chi connectivity index (χ3n) is 5.32. The molecule has 7 nitrogen and oxygen atoms in total. The number of nitrogens with zero attached hydrogens (tertiary/aromatic N) is 2. The van der Waals surface area contributed by atoms with Crippen molar-refractivity contribution in [2.75, 3.05) is 32.7 Å². The molecule has 3 rings (SSSR count). The second-order valence-electron chi connectivity index (χ2n) is 8.54. The number of hydrogen-bond donors (Lipinski definition) is 1. The second-order valence-corrected chi connectivity index (χ2v) is 11.4. The SMILES string of the molecule is CC(C)(C)c1ccc(S(=O)(=O)N2CCN(C(=O)CCNC(=O)c3cccs3)CC2)cc1. The lowest BCUT2D eigenvalue weighted by Gasteiger charge is -2.34. The zero-order valence-corrected chi connectivity index (χ0v) is 19.8. The molecule has 0 unspecified atom stereocenters. The van der Waals surface area contributed by atoms with E-state index in [2.05, 4.69) is 26.1 Å². The van der Waals surface area contributed by atoms with Crippen LogP contribution in [0.25, 0.3) is 0 Å². The molecule has 9 heteroatoms. The minimum atomic E-state index is -3.59. The summed E-state index contributed by atoms with van der Waals surface area (Å²) in [7, 11) is -3.59. The molecule has 0 spiro atoms. The first-order valence-electron chi connectivity index (χ1n) is 10.3. The van der Waals surface area contributed by atoms with Crippen molar-refractivity contribution in [2.24, 2.45) is 0 Å². The normalized spacial score (nSPS) is 15.6. The van der Waals surface area contributed by atoms with Crippen LogP contribution in [0.4, 0.5) is 0 Å². The number of hydrogen-bond acceptors (Lipinski definition) is 5. The van der Waals surface area contributed by atoms with Gasteiger partial charge in [0.1, 0.15) is 0 Å². The first-order valence-corrected chi connectivity index (χ1v) is 12.6. The Balaban J connectivity index is 1.50. The van der Waals surface area contributed by atoms with Gasteiger partial charge in [0.15, 0.2) is 0 Å². The van der Waals surface area contributed by atoms with Crippen molar-refractivity contribution >= 4 is 33.2 Å². The number of sulfonamides is 1. The number of carbonyl (C=O) groups excluding carboxylic acids is 2. The van der Waals surface area contributed by atoms with Crippen LogP contribution in [0.2, 0.25) is 0 Å². The molecule has 1 aliphatic rings. The van der Waals surface area contributed by atoms with E-state index in [-0.39, 0.29) is 48.2 Å². The summed E-state index contributed by atoms with van der Waals surface area (Å²) in [5, 5.41) is 4.57. The topological polar surface area (TPSA) is 86.8 Å². The van der Waals surface area contributed by atoms with Crippen LogP contribution in [-0.2, 0) is 20.2 Å². The largest absolute Gasteiger partial charge is 0.351 e. The van der Waals surface area contributed by atoms with E-state index in [9.17, 15) is 18.0 Å². The molecule has 1 fully saturated rings. The van der Waals surface area contributed by atoms with Gasteiger partial charge in [0.25, 0.3) is 5.91 Å². The fourth-order valence-corrected chi connectivity index (χ4v) is 5.45. The van der Waals surface area contributed by atoms with Gasteiger partial charge >= 0.3 is 0 Å². The summed E-state index contributed by atoms with van der Waals surface area (Å²) >= 11 is 1.35. The predicted molar refractivity (Wildman–Crippen MR) is 122 cm³/mol. The Labute approximate surface area is 188 Å². The monoisotopic (exact) mass is 463 g/mol. The number of piperazine rings is 1. The average Bonchev–Trinajstić information content (AvgIpc) is 3.28. The zero-order valence-electron chi connectivity index (χ0n) is 18.1. The van der Waals surface area contributed by atoms with Crippen LogP contribution in [0.3, 0.4) is 0 Å². The summed E-state index contributed by atoms with van der Waals surface area (Å²) in [6, 6.07) is 10.6. The Morgan fingerprint density at radius 1 is 1.03 bits per heavy atom. The van der Waals surface area contributed by atoms with E-state index in [0.29, 0.717) is 18.0 Å². The highest BCUT2D eigenvalue weighted by atomic mass is 32.2. The van der Waals surface area contributed by atoms with Crippen molar-refractivity contribution < 1.29 is 18.0 Å². The smallest absolute Gasteiger partial charge is 0.261 e. The first-order chi connectivity index (χ1) is 14.6. The lowest BCUT2D eigenvalue weighted by Crippen LogP contribution is -2.50. The van der Waals surface area contributed by atoms with Gasteiger partial charge in [0, 0.05) is 39.1 Å². The molecule has 2 amide bonds. The van der Waals surface area contributed by atoms with Crippen molar-refractivity contribution in [3.63, 3.8) is 0 Å². The van der Waals surface area contributed by atoms with Crippen molar-refractivity contribution in [3.05, 3.63) is 52.2 Å². The van der Waals surface area contributed by atoms with Crippen molar-refractivity contribution in [1.82, 2.24) is 14.5 Å². The van der Waals surface area contributed by atoms with E-state index in [0.717, 1.165) is 5.56 Å². The number of rotatable bonds is 6. The Bertz CT molecular complexity index is 1000. The van der Waals surface area contributed by atoms with Crippen LogP contribution in [0.1, 0.15) is 42.4 Å². The molecule has 0 radical (unpaired) electrons. The third-order valence-corrected chi connectivity index (χ3v) is 8.10. The maximum Gasteiger partial charge on any atom is 0.261 e. The van der Waals surface area contributed by atoms with Gasteiger partial charge in [-0.15, -0.1) is 11.3 Å². The fraction of sp³-hybridized carbons (Fsp3) is 0.455. The van der Waals surface area contributed by atoms with E-state index in [4.69, 9.17) is 0 Å². The molecule has 1 aromatic heterocycles. The zero-order chi connectivity index (χ0) is 22.6. The number of carbonyl (C=O) groups is 2. The number of benzene rings is 1. The maximum atomic E-state index is 13.0. The van der Waals surface area contributed by atoms with E-state index in [1.54, 1.807) is 29.2 Å². The molecular formula is C22H29N3O4S2. The molecule has 0 aliphatic carbocycles. The van der Waals surface area contributed by atoms with Gasteiger partial charge < -0.3 is 10.2 Å². The van der Waals surface area contributed by atoms with Crippen LogP contribution in [0, 0.1) is 0 Å². The minimum Gasteiger partial charge on any atom is -0.351 e. The summed E-state index contributed by atoms with van der Waals surface area (Å²) in [5.74, 6) is -0.269. The molecule has 1 aliphatic heterocycles. The van der Waals surface area contributed by atoms with Crippen LogP contribution in [0.15, 0.2) is 46.7 Å². The van der Waals surface area contributed by atoms with Crippen LogP contribution < -0.4 is 5.32 Å². The number of amides is 2. The second kappa shape index (κ2) is 9.50. The molecule has 0 atom stereocenters. The fourth-order valence-electron chi connectivity index (χ4n) is 3.39. The summed E-state index contributed by atoms with van der Waals surface area (Å²) in [4.78, 5) is 26.9. The minimum absolute atomic E-state index is 0.0441. The number of thiophene rings is 1. The van der Waals surface area contributed by atoms with Gasteiger partial charge in [-0.25, -0.2) is 8.42 Å². The highest BCUT2D eigenvalue weighted by Gasteiger charge is 2.30. The highest BCUT2D eigenvalue weighted by Crippen LogP contribution is 2.25. The van der Waals surface area contributed by atoms with Gasteiger partial charge in [-0.3, -0.25) is 9.59 Å². The molecule has 1 N–H and O–H groups in total. The summed E-state index contributed by atoms with van der Waals surface area (Å²) in [5.41, 5.74) is 1.03. The van der Waals surface area contributed by atoms with E-state index in [1.165, 1.54) is 15.6 Å². The lowest BCUT2D eigenvalue weighted by molar-refractivity contribution is -0.132. The van der Waals surface area contributed by atoms with Crippen LogP contribution in [-0.4, -0.2) is 62.2 Å². The van der Waals surface area contributed by atoms with E-state index in [1.807, 2.05) is 17.5 Å². The quantitative estimate of drug-likeness (QED) is 0.714. The Hall–Kier alpha value is -2.23. The maximum absolute atomic E-state index is 13.0.